The van der Waals surface area contributed by atoms with Crippen molar-refractivity contribution in [3.63, 3.8) is 0 Å². The summed E-state index contributed by atoms with van der Waals surface area (Å²) in [6.07, 6.45) is 4.00. The van der Waals surface area contributed by atoms with Gasteiger partial charge in [-0.1, -0.05) is 23.2 Å². The first-order valence-electron chi connectivity index (χ1n) is 9.90. The second-order valence-electron chi connectivity index (χ2n) is 8.62. The molecule has 0 radical (unpaired) electrons. The van der Waals surface area contributed by atoms with Crippen LogP contribution in [-0.2, 0) is 16.1 Å². The maximum Gasteiger partial charge on any atom is 0.410 e. The lowest BCUT2D eigenvalue weighted by Gasteiger charge is -2.38. The third-order valence-electron chi connectivity index (χ3n) is 5.04. The summed E-state index contributed by atoms with van der Waals surface area (Å²) in [6.45, 7) is 6.46. The number of piperidine rings is 1. The van der Waals surface area contributed by atoms with Crippen LogP contribution in [-0.4, -0.2) is 46.0 Å². The van der Waals surface area contributed by atoms with Crippen molar-refractivity contribution in [1.82, 2.24) is 9.80 Å². The molecule has 5 nitrogen and oxygen atoms in total. The van der Waals surface area contributed by atoms with E-state index in [0.717, 1.165) is 31.2 Å². The fourth-order valence-corrected chi connectivity index (χ4v) is 3.91. The Labute approximate surface area is 176 Å². The summed E-state index contributed by atoms with van der Waals surface area (Å²) in [5.41, 5.74) is 0.237. The van der Waals surface area contributed by atoms with Crippen LogP contribution < -0.4 is 0 Å². The van der Waals surface area contributed by atoms with Crippen LogP contribution in [0.15, 0.2) is 18.2 Å². The molecule has 1 heterocycles. The van der Waals surface area contributed by atoms with Gasteiger partial charge in [0.15, 0.2) is 0 Å². The van der Waals surface area contributed by atoms with Gasteiger partial charge in [0, 0.05) is 29.2 Å². The van der Waals surface area contributed by atoms with Crippen molar-refractivity contribution >= 4 is 35.2 Å². The molecular weight excluding hydrogens is 399 g/mol. The van der Waals surface area contributed by atoms with Gasteiger partial charge in [-0.25, -0.2) is 4.79 Å². The van der Waals surface area contributed by atoms with Gasteiger partial charge in [-0.05, 0) is 76.6 Å². The first-order valence-corrected chi connectivity index (χ1v) is 10.7. The average Bonchev–Trinajstić information content (AvgIpc) is 3.45. The third-order valence-corrected chi connectivity index (χ3v) is 5.64. The number of hydrogen-bond acceptors (Lipinski definition) is 3. The van der Waals surface area contributed by atoms with E-state index in [-0.39, 0.29) is 11.9 Å². The molecule has 1 saturated heterocycles. The highest BCUT2D eigenvalue weighted by Gasteiger charge is 2.41. The molecule has 0 unspecified atom stereocenters. The zero-order valence-electron chi connectivity index (χ0n) is 16.7. The molecule has 1 aromatic rings. The molecule has 0 spiro atoms. The predicted molar refractivity (Wildman–Crippen MR) is 111 cm³/mol. The normalized spacial score (nSPS) is 20.0. The minimum absolute atomic E-state index is 0.0240. The monoisotopic (exact) mass is 426 g/mol. The standard InChI is InChI=1S/C21H28Cl2N2O3/c1-21(2,3)28-20(27)24-11-5-4-6-18(24)19(26)25(16-8-9-16)13-14-12-15(22)7-10-17(14)23/h7,10,12,16,18H,4-6,8-9,11,13H2,1-3H3/t18-/m0/s1. The van der Waals surface area contributed by atoms with E-state index in [0.29, 0.717) is 29.6 Å². The number of benzene rings is 1. The van der Waals surface area contributed by atoms with E-state index in [1.165, 1.54) is 0 Å². The Morgan fingerprint density at radius 3 is 2.54 bits per heavy atom. The fraction of sp³-hybridized carbons (Fsp3) is 0.619. The number of ether oxygens (including phenoxy) is 1. The Kier molecular flexibility index (Phi) is 6.45. The van der Waals surface area contributed by atoms with Crippen molar-refractivity contribution in [3.05, 3.63) is 33.8 Å². The van der Waals surface area contributed by atoms with Gasteiger partial charge in [-0.3, -0.25) is 9.69 Å². The summed E-state index contributed by atoms with van der Waals surface area (Å²) >= 11 is 12.4. The first kappa shape index (κ1) is 21.3. The Hall–Kier alpha value is -1.46. The number of carbonyl (C=O) groups excluding carboxylic acids is 2. The highest BCUT2D eigenvalue weighted by atomic mass is 35.5. The number of halogens is 2. The molecule has 2 fully saturated rings. The number of rotatable bonds is 4. The van der Waals surface area contributed by atoms with Crippen molar-refractivity contribution < 1.29 is 14.3 Å². The second-order valence-corrected chi connectivity index (χ2v) is 9.46. The van der Waals surface area contributed by atoms with Gasteiger partial charge in [-0.15, -0.1) is 0 Å². The van der Waals surface area contributed by atoms with E-state index in [4.69, 9.17) is 27.9 Å². The Balaban J connectivity index is 1.79. The van der Waals surface area contributed by atoms with E-state index in [2.05, 4.69) is 0 Å². The summed E-state index contributed by atoms with van der Waals surface area (Å²) in [4.78, 5) is 29.6. The Morgan fingerprint density at radius 1 is 1.18 bits per heavy atom. The second kappa shape index (κ2) is 8.50. The molecule has 1 aromatic carbocycles. The molecule has 0 N–H and O–H groups in total. The molecule has 2 amide bonds. The molecule has 1 aliphatic heterocycles. The summed E-state index contributed by atoms with van der Waals surface area (Å²) in [7, 11) is 0. The lowest BCUT2D eigenvalue weighted by Crippen LogP contribution is -2.54. The number of carbonyl (C=O) groups is 2. The smallest absolute Gasteiger partial charge is 0.410 e. The van der Waals surface area contributed by atoms with Gasteiger partial charge in [0.05, 0.1) is 0 Å². The van der Waals surface area contributed by atoms with Crippen molar-refractivity contribution in [3.8, 4) is 0 Å². The quantitative estimate of drug-likeness (QED) is 0.658. The predicted octanol–water partition coefficient (Wildman–Crippen LogP) is 5.27. The molecule has 28 heavy (non-hydrogen) atoms. The third kappa shape index (κ3) is 5.32. The van der Waals surface area contributed by atoms with Crippen molar-refractivity contribution in [2.45, 2.75) is 77.1 Å². The highest BCUT2D eigenvalue weighted by molar-refractivity contribution is 6.33. The van der Waals surface area contributed by atoms with E-state index >= 15 is 0 Å². The topological polar surface area (TPSA) is 49.9 Å². The van der Waals surface area contributed by atoms with Gasteiger partial charge in [-0.2, -0.15) is 0 Å². The molecule has 2 aliphatic rings. The van der Waals surface area contributed by atoms with Gasteiger partial charge in [0.25, 0.3) is 0 Å². The number of hydrogen-bond donors (Lipinski definition) is 0. The summed E-state index contributed by atoms with van der Waals surface area (Å²) in [5, 5.41) is 1.19. The van der Waals surface area contributed by atoms with Gasteiger partial charge >= 0.3 is 6.09 Å². The average molecular weight is 427 g/mol. The first-order chi connectivity index (χ1) is 13.2. The van der Waals surface area contributed by atoms with Crippen LogP contribution in [0.1, 0.15) is 58.4 Å². The van der Waals surface area contributed by atoms with Crippen LogP contribution in [0.3, 0.4) is 0 Å². The lowest BCUT2D eigenvalue weighted by molar-refractivity contribution is -0.139. The zero-order chi connectivity index (χ0) is 20.5. The summed E-state index contributed by atoms with van der Waals surface area (Å²) < 4.78 is 5.54. The van der Waals surface area contributed by atoms with Crippen LogP contribution in [0.2, 0.25) is 10.0 Å². The molecular formula is C21H28Cl2N2O3. The number of likely N-dealkylation sites (tertiary alicyclic amines) is 1. The molecule has 0 bridgehead atoms. The SMILES string of the molecule is CC(C)(C)OC(=O)N1CCCC[C@H]1C(=O)N(Cc1cc(Cl)ccc1Cl)C1CC1. The van der Waals surface area contributed by atoms with E-state index < -0.39 is 17.7 Å². The molecule has 154 valence electrons. The summed E-state index contributed by atoms with van der Waals surface area (Å²) in [6, 6.07) is 5.01. The van der Waals surface area contributed by atoms with E-state index in [9.17, 15) is 9.59 Å². The molecule has 1 saturated carbocycles. The van der Waals surface area contributed by atoms with Crippen LogP contribution in [0.5, 0.6) is 0 Å². The van der Waals surface area contributed by atoms with Crippen LogP contribution in [0.4, 0.5) is 4.79 Å². The van der Waals surface area contributed by atoms with E-state index in [1.807, 2.05) is 25.7 Å². The molecule has 7 heteroatoms. The minimum Gasteiger partial charge on any atom is -0.444 e. The van der Waals surface area contributed by atoms with Gasteiger partial charge in [0.2, 0.25) is 5.91 Å². The largest absolute Gasteiger partial charge is 0.444 e. The molecule has 1 atom stereocenters. The fourth-order valence-electron chi connectivity index (χ4n) is 3.54. The van der Waals surface area contributed by atoms with Crippen LogP contribution in [0, 0.1) is 0 Å². The molecule has 0 aromatic heterocycles. The van der Waals surface area contributed by atoms with Crippen molar-refractivity contribution in [1.29, 1.82) is 0 Å². The Morgan fingerprint density at radius 2 is 1.89 bits per heavy atom. The van der Waals surface area contributed by atoms with Gasteiger partial charge in [0.1, 0.15) is 11.6 Å². The van der Waals surface area contributed by atoms with E-state index in [1.54, 1.807) is 23.1 Å². The van der Waals surface area contributed by atoms with Crippen LogP contribution in [0.25, 0.3) is 0 Å². The zero-order valence-corrected chi connectivity index (χ0v) is 18.2. The maximum atomic E-state index is 13.5. The molecule has 3 rings (SSSR count). The maximum absolute atomic E-state index is 13.5. The number of amides is 2. The molecule has 1 aliphatic carbocycles. The lowest BCUT2D eigenvalue weighted by atomic mass is 10.0. The minimum atomic E-state index is -0.591. The van der Waals surface area contributed by atoms with Gasteiger partial charge < -0.3 is 9.64 Å². The van der Waals surface area contributed by atoms with Crippen molar-refractivity contribution in [2.24, 2.45) is 0 Å². The highest BCUT2D eigenvalue weighted by Crippen LogP contribution is 2.33. The number of nitrogens with zero attached hydrogens (tertiary/aromatic N) is 2. The Bertz CT molecular complexity index is 744. The van der Waals surface area contributed by atoms with Crippen molar-refractivity contribution in [2.75, 3.05) is 6.54 Å². The van der Waals surface area contributed by atoms with Crippen LogP contribution >= 0.6 is 23.2 Å². The summed E-state index contributed by atoms with van der Waals surface area (Å²) in [5.74, 6) is -0.0240.